The highest BCUT2D eigenvalue weighted by atomic mass is 16.5. The van der Waals surface area contributed by atoms with Crippen molar-refractivity contribution in [2.24, 2.45) is 0 Å². The van der Waals surface area contributed by atoms with Crippen LogP contribution in [0.5, 0.6) is 0 Å². The van der Waals surface area contributed by atoms with E-state index in [1.807, 2.05) is 0 Å². The first-order valence-electron chi connectivity index (χ1n) is 7.12. The second-order valence-corrected chi connectivity index (χ2v) is 5.57. The van der Waals surface area contributed by atoms with Crippen LogP contribution >= 0.6 is 0 Å². The van der Waals surface area contributed by atoms with Gasteiger partial charge in [-0.1, -0.05) is 20.3 Å². The maximum atomic E-state index is 11.7. The molecule has 1 rings (SSSR count). The summed E-state index contributed by atoms with van der Waals surface area (Å²) in [6.45, 7) is 8.53. The third-order valence-electron chi connectivity index (χ3n) is 3.67. The van der Waals surface area contributed by atoms with Gasteiger partial charge in [-0.25, -0.2) is 0 Å². The summed E-state index contributed by atoms with van der Waals surface area (Å²) in [4.78, 5) is 14.2. The molecule has 4 nitrogen and oxygen atoms in total. The maximum absolute atomic E-state index is 11.7. The smallest absolute Gasteiger partial charge is 0.322 e. The van der Waals surface area contributed by atoms with Crippen LogP contribution in [0.4, 0.5) is 0 Å². The quantitative estimate of drug-likeness (QED) is 0.736. The predicted octanol–water partition coefficient (Wildman–Crippen LogP) is 1.79. The summed E-state index contributed by atoms with van der Waals surface area (Å²) in [5.74, 6) is -0.145. The lowest BCUT2D eigenvalue weighted by Crippen LogP contribution is -2.45. The standard InChI is InChI=1S/C14H28N2O2/c1-11(2)15-13(14(17)18-4)8-10-16-9-6-5-7-12(16)3/h11-13,15H,5-10H2,1-4H3. The molecule has 4 heteroatoms. The van der Waals surface area contributed by atoms with Crippen molar-refractivity contribution >= 4 is 5.97 Å². The Morgan fingerprint density at radius 2 is 2.17 bits per heavy atom. The molecule has 106 valence electrons. The number of carbonyl (C=O) groups is 1. The molecule has 1 saturated heterocycles. The second kappa shape index (κ2) is 7.74. The molecule has 2 unspecified atom stereocenters. The van der Waals surface area contributed by atoms with Crippen LogP contribution < -0.4 is 5.32 Å². The van der Waals surface area contributed by atoms with Gasteiger partial charge in [-0.3, -0.25) is 4.79 Å². The number of nitrogens with zero attached hydrogens (tertiary/aromatic N) is 1. The van der Waals surface area contributed by atoms with Crippen molar-refractivity contribution in [1.82, 2.24) is 10.2 Å². The first-order chi connectivity index (χ1) is 8.54. The minimum atomic E-state index is -0.177. The molecule has 0 saturated carbocycles. The van der Waals surface area contributed by atoms with E-state index in [-0.39, 0.29) is 12.0 Å². The number of carbonyl (C=O) groups excluding carboxylic acids is 1. The van der Waals surface area contributed by atoms with Crippen LogP contribution in [-0.2, 0) is 9.53 Å². The molecule has 1 N–H and O–H groups in total. The molecule has 2 atom stereocenters. The molecule has 0 aliphatic carbocycles. The van der Waals surface area contributed by atoms with Crippen molar-refractivity contribution in [3.05, 3.63) is 0 Å². The molecule has 0 spiro atoms. The Kier molecular flexibility index (Phi) is 6.65. The Balaban J connectivity index is 2.42. The van der Waals surface area contributed by atoms with E-state index < -0.39 is 0 Å². The molecule has 0 radical (unpaired) electrons. The number of likely N-dealkylation sites (tertiary alicyclic amines) is 1. The van der Waals surface area contributed by atoms with E-state index >= 15 is 0 Å². The zero-order valence-electron chi connectivity index (χ0n) is 12.2. The van der Waals surface area contributed by atoms with Crippen LogP contribution in [-0.4, -0.2) is 49.2 Å². The molecule has 1 fully saturated rings. The van der Waals surface area contributed by atoms with Crippen LogP contribution in [0.3, 0.4) is 0 Å². The summed E-state index contributed by atoms with van der Waals surface area (Å²) in [5, 5.41) is 3.28. The minimum absolute atomic E-state index is 0.145. The highest BCUT2D eigenvalue weighted by Gasteiger charge is 2.23. The van der Waals surface area contributed by atoms with Gasteiger partial charge in [0.2, 0.25) is 0 Å². The van der Waals surface area contributed by atoms with Crippen LogP contribution in [0.15, 0.2) is 0 Å². The number of esters is 1. The van der Waals surface area contributed by atoms with Gasteiger partial charge in [0.15, 0.2) is 0 Å². The fourth-order valence-electron chi connectivity index (χ4n) is 2.60. The molecule has 0 bridgehead atoms. The Morgan fingerprint density at radius 1 is 1.44 bits per heavy atom. The molecule has 18 heavy (non-hydrogen) atoms. The van der Waals surface area contributed by atoms with E-state index in [0.29, 0.717) is 12.1 Å². The molecular formula is C14H28N2O2. The van der Waals surface area contributed by atoms with Crippen molar-refractivity contribution in [3.63, 3.8) is 0 Å². The summed E-state index contributed by atoms with van der Waals surface area (Å²) < 4.78 is 4.86. The first kappa shape index (κ1) is 15.4. The van der Waals surface area contributed by atoms with E-state index in [4.69, 9.17) is 4.74 Å². The second-order valence-electron chi connectivity index (χ2n) is 5.57. The first-order valence-corrected chi connectivity index (χ1v) is 7.12. The largest absolute Gasteiger partial charge is 0.468 e. The number of ether oxygens (including phenoxy) is 1. The highest BCUT2D eigenvalue weighted by molar-refractivity contribution is 5.75. The summed E-state index contributed by atoms with van der Waals surface area (Å²) in [6, 6.07) is 0.771. The highest BCUT2D eigenvalue weighted by Crippen LogP contribution is 2.16. The lowest BCUT2D eigenvalue weighted by atomic mass is 10.0. The van der Waals surface area contributed by atoms with Crippen molar-refractivity contribution in [1.29, 1.82) is 0 Å². The number of piperidine rings is 1. The van der Waals surface area contributed by atoms with Crippen LogP contribution in [0.2, 0.25) is 0 Å². The molecule has 1 aliphatic heterocycles. The summed E-state index contributed by atoms with van der Waals surface area (Å²) in [6.07, 6.45) is 4.73. The van der Waals surface area contributed by atoms with Gasteiger partial charge in [-0.2, -0.15) is 0 Å². The van der Waals surface area contributed by atoms with Crippen molar-refractivity contribution < 1.29 is 9.53 Å². The predicted molar refractivity (Wildman–Crippen MR) is 73.6 cm³/mol. The number of nitrogens with one attached hydrogen (secondary N) is 1. The fourth-order valence-corrected chi connectivity index (χ4v) is 2.60. The lowest BCUT2D eigenvalue weighted by molar-refractivity contribution is -0.143. The van der Waals surface area contributed by atoms with E-state index in [1.165, 1.54) is 26.4 Å². The Morgan fingerprint density at radius 3 is 2.72 bits per heavy atom. The Labute approximate surface area is 111 Å². The van der Waals surface area contributed by atoms with Gasteiger partial charge in [-0.15, -0.1) is 0 Å². The molecule has 0 amide bonds. The van der Waals surface area contributed by atoms with Crippen molar-refractivity contribution in [2.45, 2.75) is 64.6 Å². The van der Waals surface area contributed by atoms with Gasteiger partial charge in [0.1, 0.15) is 6.04 Å². The zero-order chi connectivity index (χ0) is 13.5. The fraction of sp³-hybridized carbons (Fsp3) is 0.929. The van der Waals surface area contributed by atoms with E-state index in [2.05, 4.69) is 31.0 Å². The SMILES string of the molecule is COC(=O)C(CCN1CCCCC1C)NC(C)C. The Hall–Kier alpha value is -0.610. The number of rotatable bonds is 6. The molecule has 0 aromatic heterocycles. The van der Waals surface area contributed by atoms with Gasteiger partial charge in [0.05, 0.1) is 7.11 Å². The molecular weight excluding hydrogens is 228 g/mol. The van der Waals surface area contributed by atoms with Crippen molar-refractivity contribution in [2.75, 3.05) is 20.2 Å². The van der Waals surface area contributed by atoms with Crippen LogP contribution in [0.25, 0.3) is 0 Å². The summed E-state index contributed by atoms with van der Waals surface area (Å²) in [5.41, 5.74) is 0. The molecule has 0 aromatic carbocycles. The molecule has 1 aliphatic rings. The third-order valence-corrected chi connectivity index (χ3v) is 3.67. The van der Waals surface area contributed by atoms with Gasteiger partial charge in [-0.05, 0) is 32.7 Å². The number of hydrogen-bond acceptors (Lipinski definition) is 4. The minimum Gasteiger partial charge on any atom is -0.468 e. The maximum Gasteiger partial charge on any atom is 0.322 e. The zero-order valence-corrected chi connectivity index (χ0v) is 12.2. The van der Waals surface area contributed by atoms with E-state index in [9.17, 15) is 4.79 Å². The molecule has 1 heterocycles. The van der Waals surface area contributed by atoms with Crippen molar-refractivity contribution in [3.8, 4) is 0 Å². The monoisotopic (exact) mass is 256 g/mol. The third kappa shape index (κ3) is 4.94. The summed E-state index contributed by atoms with van der Waals surface area (Å²) >= 11 is 0. The lowest BCUT2D eigenvalue weighted by Gasteiger charge is -2.34. The van der Waals surface area contributed by atoms with Gasteiger partial charge in [0, 0.05) is 18.6 Å². The summed E-state index contributed by atoms with van der Waals surface area (Å²) in [7, 11) is 1.46. The number of hydrogen-bond donors (Lipinski definition) is 1. The van der Waals surface area contributed by atoms with Gasteiger partial charge >= 0.3 is 5.97 Å². The topological polar surface area (TPSA) is 41.6 Å². The Bertz CT molecular complexity index is 256. The number of methoxy groups -OCH3 is 1. The van der Waals surface area contributed by atoms with Crippen LogP contribution in [0.1, 0.15) is 46.5 Å². The van der Waals surface area contributed by atoms with E-state index in [1.54, 1.807) is 0 Å². The normalized spacial score (nSPS) is 23.1. The van der Waals surface area contributed by atoms with Gasteiger partial charge in [0.25, 0.3) is 0 Å². The van der Waals surface area contributed by atoms with E-state index in [0.717, 1.165) is 19.5 Å². The average Bonchev–Trinajstić information content (AvgIpc) is 2.34. The molecule has 0 aromatic rings. The average molecular weight is 256 g/mol. The van der Waals surface area contributed by atoms with Gasteiger partial charge < -0.3 is 15.0 Å². The van der Waals surface area contributed by atoms with Crippen LogP contribution in [0, 0.1) is 0 Å².